The van der Waals surface area contributed by atoms with Gasteiger partial charge in [-0.25, -0.2) is 4.68 Å². The molecule has 2 aromatic carbocycles. The molecule has 0 spiro atoms. The Morgan fingerprint density at radius 1 is 1.08 bits per heavy atom. The second-order valence-electron chi connectivity index (χ2n) is 5.75. The number of rotatable bonds is 3. The molecule has 0 aliphatic heterocycles. The van der Waals surface area contributed by atoms with Gasteiger partial charge in [-0.3, -0.25) is 4.79 Å². The first kappa shape index (κ1) is 16.4. The number of aromatic nitrogens is 3. The average molecular weight is 385 g/mol. The normalized spacial score (nSPS) is 10.7. The third-order valence-electron chi connectivity index (χ3n) is 3.64. The van der Waals surface area contributed by atoms with Gasteiger partial charge in [0.15, 0.2) is 5.69 Å². The summed E-state index contributed by atoms with van der Waals surface area (Å²) in [5, 5.41) is 11.1. The number of benzene rings is 2. The van der Waals surface area contributed by atoms with E-state index in [9.17, 15) is 4.79 Å². The van der Waals surface area contributed by atoms with Crippen molar-refractivity contribution in [2.75, 3.05) is 5.32 Å². The number of carbonyl (C=O) groups excluding carboxylic acids is 1. The number of nitrogens with zero attached hydrogens (tertiary/aromatic N) is 3. The van der Waals surface area contributed by atoms with Crippen molar-refractivity contribution in [2.24, 2.45) is 0 Å². The zero-order valence-corrected chi connectivity index (χ0v) is 15.3. The summed E-state index contributed by atoms with van der Waals surface area (Å²) >= 11 is 3.44. The fourth-order valence-electron chi connectivity index (χ4n) is 2.63. The number of halogens is 1. The molecule has 1 amide bonds. The fourth-order valence-corrected chi connectivity index (χ4v) is 3.02. The first-order chi connectivity index (χ1) is 11.4. The number of aryl methyl sites for hydroxylation is 2. The highest BCUT2D eigenvalue weighted by molar-refractivity contribution is 9.10. The van der Waals surface area contributed by atoms with Gasteiger partial charge in [-0.1, -0.05) is 33.3 Å². The smallest absolute Gasteiger partial charge is 0.278 e. The average Bonchev–Trinajstić information content (AvgIpc) is 2.88. The molecule has 1 heterocycles. The largest absolute Gasteiger partial charge is 0.321 e. The first-order valence-electron chi connectivity index (χ1n) is 7.52. The second-order valence-corrected chi connectivity index (χ2v) is 6.66. The lowest BCUT2D eigenvalue weighted by Crippen LogP contribution is -2.14. The highest BCUT2D eigenvalue weighted by Gasteiger charge is 2.17. The molecule has 0 saturated carbocycles. The van der Waals surface area contributed by atoms with E-state index in [1.807, 2.05) is 57.2 Å². The van der Waals surface area contributed by atoms with E-state index < -0.39 is 0 Å². The topological polar surface area (TPSA) is 59.8 Å². The predicted octanol–water partition coefficient (Wildman–Crippen LogP) is 4.21. The van der Waals surface area contributed by atoms with Crippen molar-refractivity contribution in [3.05, 3.63) is 69.5 Å². The van der Waals surface area contributed by atoms with Crippen molar-refractivity contribution in [3.63, 3.8) is 0 Å². The maximum atomic E-state index is 12.5. The van der Waals surface area contributed by atoms with Crippen LogP contribution >= 0.6 is 15.9 Å². The van der Waals surface area contributed by atoms with Gasteiger partial charge in [0.05, 0.1) is 11.4 Å². The van der Waals surface area contributed by atoms with Crippen LogP contribution in [0.2, 0.25) is 0 Å². The molecule has 3 rings (SSSR count). The number of anilines is 1. The van der Waals surface area contributed by atoms with Gasteiger partial charge in [0, 0.05) is 10.2 Å². The van der Waals surface area contributed by atoms with Gasteiger partial charge in [0.2, 0.25) is 0 Å². The molecular weight excluding hydrogens is 368 g/mol. The lowest BCUT2D eigenvalue weighted by Gasteiger charge is -2.07. The van der Waals surface area contributed by atoms with Crippen molar-refractivity contribution in [2.45, 2.75) is 20.8 Å². The van der Waals surface area contributed by atoms with Gasteiger partial charge in [0.1, 0.15) is 0 Å². The summed E-state index contributed by atoms with van der Waals surface area (Å²) in [6, 6.07) is 13.6. The van der Waals surface area contributed by atoms with Crippen molar-refractivity contribution >= 4 is 27.5 Å². The van der Waals surface area contributed by atoms with E-state index >= 15 is 0 Å². The summed E-state index contributed by atoms with van der Waals surface area (Å²) in [7, 11) is 0. The zero-order chi connectivity index (χ0) is 17.3. The second kappa shape index (κ2) is 6.57. The van der Waals surface area contributed by atoms with E-state index in [0.29, 0.717) is 11.4 Å². The Bertz CT molecular complexity index is 897. The van der Waals surface area contributed by atoms with E-state index in [4.69, 9.17) is 0 Å². The molecule has 0 aliphatic rings. The first-order valence-corrected chi connectivity index (χ1v) is 8.31. The van der Waals surface area contributed by atoms with Crippen molar-refractivity contribution in [1.29, 1.82) is 0 Å². The van der Waals surface area contributed by atoms with Crippen LogP contribution in [-0.4, -0.2) is 20.9 Å². The van der Waals surface area contributed by atoms with Crippen LogP contribution < -0.4 is 5.32 Å². The number of carbonyl (C=O) groups is 1. The summed E-state index contributed by atoms with van der Waals surface area (Å²) in [5.41, 5.74) is 4.80. The summed E-state index contributed by atoms with van der Waals surface area (Å²) in [6.07, 6.45) is 0. The molecule has 3 aromatic rings. The van der Waals surface area contributed by atoms with Crippen molar-refractivity contribution in [1.82, 2.24) is 15.0 Å². The van der Waals surface area contributed by atoms with Gasteiger partial charge in [0.25, 0.3) is 5.91 Å². The summed E-state index contributed by atoms with van der Waals surface area (Å²) in [5.74, 6) is -0.265. The molecule has 24 heavy (non-hydrogen) atoms. The quantitative estimate of drug-likeness (QED) is 0.735. The molecule has 0 radical (unpaired) electrons. The molecule has 0 saturated heterocycles. The lowest BCUT2D eigenvalue weighted by molar-refractivity contribution is 0.102. The minimum absolute atomic E-state index is 0.265. The molecule has 0 fully saturated rings. The Morgan fingerprint density at radius 2 is 1.79 bits per heavy atom. The Hall–Kier alpha value is -2.47. The standard InChI is InChI=1S/C18H17BrN4O/c1-11-7-12(2)9-15(8-11)20-18(24)17-13(3)23(22-21-17)16-6-4-5-14(19)10-16/h4-10H,1-3H3,(H,20,24). The summed E-state index contributed by atoms with van der Waals surface area (Å²) in [4.78, 5) is 12.5. The van der Waals surface area contributed by atoms with E-state index in [-0.39, 0.29) is 5.91 Å². The molecule has 0 atom stereocenters. The van der Waals surface area contributed by atoms with E-state index in [1.54, 1.807) is 4.68 Å². The molecule has 0 bridgehead atoms. The highest BCUT2D eigenvalue weighted by atomic mass is 79.9. The van der Waals surface area contributed by atoms with Gasteiger partial charge in [-0.05, 0) is 62.2 Å². The summed E-state index contributed by atoms with van der Waals surface area (Å²) in [6.45, 7) is 5.83. The van der Waals surface area contributed by atoms with Crippen LogP contribution in [0.25, 0.3) is 5.69 Å². The van der Waals surface area contributed by atoms with Crippen molar-refractivity contribution in [3.8, 4) is 5.69 Å². The molecule has 0 unspecified atom stereocenters. The SMILES string of the molecule is Cc1cc(C)cc(NC(=O)c2nnn(-c3cccc(Br)c3)c2C)c1. The van der Waals surface area contributed by atoms with Crippen LogP contribution in [0, 0.1) is 20.8 Å². The van der Waals surface area contributed by atoms with Gasteiger partial charge >= 0.3 is 0 Å². The molecule has 6 heteroatoms. The molecule has 1 N–H and O–H groups in total. The Morgan fingerprint density at radius 3 is 2.46 bits per heavy atom. The predicted molar refractivity (Wildman–Crippen MR) is 97.7 cm³/mol. The zero-order valence-electron chi connectivity index (χ0n) is 13.7. The van der Waals surface area contributed by atoms with Gasteiger partial charge in [-0.15, -0.1) is 5.10 Å². The van der Waals surface area contributed by atoms with Crippen LogP contribution in [0.5, 0.6) is 0 Å². The fraction of sp³-hybridized carbons (Fsp3) is 0.167. The van der Waals surface area contributed by atoms with Gasteiger partial charge < -0.3 is 5.32 Å². The van der Waals surface area contributed by atoms with Gasteiger partial charge in [-0.2, -0.15) is 0 Å². The maximum absolute atomic E-state index is 12.5. The molecule has 0 aliphatic carbocycles. The maximum Gasteiger partial charge on any atom is 0.278 e. The van der Waals surface area contributed by atoms with E-state index in [1.165, 1.54) is 0 Å². The Balaban J connectivity index is 1.89. The number of amides is 1. The Labute approximate surface area is 148 Å². The van der Waals surface area contributed by atoms with Crippen LogP contribution in [0.4, 0.5) is 5.69 Å². The molecule has 1 aromatic heterocycles. The molecule has 5 nitrogen and oxygen atoms in total. The highest BCUT2D eigenvalue weighted by Crippen LogP contribution is 2.19. The summed E-state index contributed by atoms with van der Waals surface area (Å²) < 4.78 is 2.59. The third-order valence-corrected chi connectivity index (χ3v) is 4.14. The lowest BCUT2D eigenvalue weighted by atomic mass is 10.1. The van der Waals surface area contributed by atoms with Crippen LogP contribution in [0.3, 0.4) is 0 Å². The van der Waals surface area contributed by atoms with Crippen LogP contribution in [-0.2, 0) is 0 Å². The van der Waals surface area contributed by atoms with E-state index in [2.05, 4.69) is 37.6 Å². The molecule has 122 valence electrons. The Kier molecular flexibility index (Phi) is 4.49. The van der Waals surface area contributed by atoms with Crippen LogP contribution in [0.1, 0.15) is 27.3 Å². The monoisotopic (exact) mass is 384 g/mol. The minimum Gasteiger partial charge on any atom is -0.321 e. The molecular formula is C18H17BrN4O. The van der Waals surface area contributed by atoms with Crippen LogP contribution in [0.15, 0.2) is 46.9 Å². The number of nitrogens with one attached hydrogen (secondary N) is 1. The minimum atomic E-state index is -0.265. The third kappa shape index (κ3) is 3.38. The van der Waals surface area contributed by atoms with E-state index in [0.717, 1.165) is 27.0 Å². The number of hydrogen-bond donors (Lipinski definition) is 1. The van der Waals surface area contributed by atoms with Crippen molar-refractivity contribution < 1.29 is 4.79 Å². The number of hydrogen-bond acceptors (Lipinski definition) is 3.